The minimum absolute atomic E-state index is 0.158. The lowest BCUT2D eigenvalue weighted by atomic mass is 9.69. The van der Waals surface area contributed by atoms with E-state index in [1.807, 2.05) is 0 Å². The molecule has 0 aromatic heterocycles. The summed E-state index contributed by atoms with van der Waals surface area (Å²) in [6.45, 7) is 6.74. The first-order valence-electron chi connectivity index (χ1n) is 10.7. The van der Waals surface area contributed by atoms with Gasteiger partial charge in [0, 0.05) is 6.04 Å². The highest BCUT2D eigenvalue weighted by molar-refractivity contribution is 6.09. The van der Waals surface area contributed by atoms with E-state index in [9.17, 15) is 14.4 Å². The predicted octanol–water partition coefficient (Wildman–Crippen LogP) is 3.35. The van der Waals surface area contributed by atoms with Crippen LogP contribution in [0.2, 0.25) is 0 Å². The third kappa shape index (κ3) is 4.14. The van der Waals surface area contributed by atoms with Crippen LogP contribution in [0.1, 0.15) is 85.0 Å². The number of hydrogen-bond donors (Lipinski definition) is 2. The highest BCUT2D eigenvalue weighted by Crippen LogP contribution is 2.40. The Morgan fingerprint density at radius 1 is 1.15 bits per heavy atom. The molecule has 2 saturated carbocycles. The van der Waals surface area contributed by atoms with E-state index < -0.39 is 11.6 Å². The molecule has 3 aliphatic rings. The molecule has 6 heteroatoms. The van der Waals surface area contributed by atoms with Crippen LogP contribution in [0.4, 0.5) is 4.79 Å². The first-order valence-corrected chi connectivity index (χ1v) is 10.7. The zero-order valence-corrected chi connectivity index (χ0v) is 17.1. The number of carbonyl (C=O) groups is 3. The van der Waals surface area contributed by atoms with Crippen LogP contribution in [-0.2, 0) is 9.59 Å². The Kier molecular flexibility index (Phi) is 5.82. The van der Waals surface area contributed by atoms with Crippen molar-refractivity contribution in [1.29, 1.82) is 0 Å². The quantitative estimate of drug-likeness (QED) is 0.721. The molecule has 2 N–H and O–H groups in total. The maximum atomic E-state index is 12.8. The number of nitrogens with zero attached hydrogens (tertiary/aromatic N) is 1. The fourth-order valence-electron chi connectivity index (χ4n) is 5.04. The summed E-state index contributed by atoms with van der Waals surface area (Å²) in [6, 6.07) is -0.253. The molecule has 1 heterocycles. The molecule has 0 bridgehead atoms. The standard InChI is InChI=1S/C21H35N3O3/c1-4-20(2,3)15-8-10-16(11-9-15)22-17(25)14-24-18(26)21(23-19(24)27)12-6-5-7-13-21/h15-16H,4-14H2,1-3H3,(H,22,25)(H,23,27). The molecule has 0 radical (unpaired) electrons. The fraction of sp³-hybridized carbons (Fsp3) is 0.857. The number of rotatable bonds is 5. The van der Waals surface area contributed by atoms with Crippen LogP contribution in [0.15, 0.2) is 0 Å². The largest absolute Gasteiger partial charge is 0.352 e. The first kappa shape index (κ1) is 20.2. The van der Waals surface area contributed by atoms with Gasteiger partial charge in [-0.3, -0.25) is 14.5 Å². The lowest BCUT2D eigenvalue weighted by Crippen LogP contribution is -2.49. The van der Waals surface area contributed by atoms with Crippen molar-refractivity contribution in [2.45, 2.75) is 96.6 Å². The van der Waals surface area contributed by atoms with Gasteiger partial charge in [-0.15, -0.1) is 0 Å². The zero-order chi connectivity index (χ0) is 19.7. The van der Waals surface area contributed by atoms with Gasteiger partial charge in [-0.2, -0.15) is 0 Å². The average molecular weight is 378 g/mol. The van der Waals surface area contributed by atoms with Crippen LogP contribution in [0.25, 0.3) is 0 Å². The second-order valence-corrected chi connectivity index (χ2v) is 9.42. The van der Waals surface area contributed by atoms with E-state index in [1.54, 1.807) is 0 Å². The molecular formula is C21H35N3O3. The van der Waals surface area contributed by atoms with Crippen LogP contribution >= 0.6 is 0 Å². The highest BCUT2D eigenvalue weighted by atomic mass is 16.2. The Bertz CT molecular complexity index is 587. The van der Waals surface area contributed by atoms with Gasteiger partial charge in [0.2, 0.25) is 5.91 Å². The summed E-state index contributed by atoms with van der Waals surface area (Å²) in [5.74, 6) is 0.271. The maximum absolute atomic E-state index is 12.8. The van der Waals surface area contributed by atoms with Gasteiger partial charge >= 0.3 is 6.03 Å². The van der Waals surface area contributed by atoms with Crippen LogP contribution in [-0.4, -0.2) is 40.9 Å². The van der Waals surface area contributed by atoms with Gasteiger partial charge in [0.1, 0.15) is 12.1 Å². The molecular weight excluding hydrogens is 342 g/mol. The molecule has 6 nitrogen and oxygen atoms in total. The Balaban J connectivity index is 1.50. The predicted molar refractivity (Wildman–Crippen MR) is 104 cm³/mol. The van der Waals surface area contributed by atoms with Crippen LogP contribution in [0.5, 0.6) is 0 Å². The normalized spacial score (nSPS) is 28.3. The molecule has 0 aromatic carbocycles. The molecule has 27 heavy (non-hydrogen) atoms. The van der Waals surface area contributed by atoms with Gasteiger partial charge in [-0.25, -0.2) is 4.79 Å². The van der Waals surface area contributed by atoms with Crippen molar-refractivity contribution in [1.82, 2.24) is 15.5 Å². The van der Waals surface area contributed by atoms with Crippen molar-refractivity contribution in [2.75, 3.05) is 6.54 Å². The summed E-state index contributed by atoms with van der Waals surface area (Å²) < 4.78 is 0. The van der Waals surface area contributed by atoms with E-state index in [1.165, 1.54) is 6.42 Å². The number of amides is 4. The van der Waals surface area contributed by atoms with Crippen LogP contribution in [0.3, 0.4) is 0 Å². The molecule has 0 atom stereocenters. The Morgan fingerprint density at radius 2 is 1.78 bits per heavy atom. The average Bonchev–Trinajstić information content (AvgIpc) is 2.87. The second-order valence-electron chi connectivity index (χ2n) is 9.42. The molecule has 3 rings (SSSR count). The van der Waals surface area contributed by atoms with Crippen molar-refractivity contribution < 1.29 is 14.4 Å². The summed E-state index contributed by atoms with van der Waals surface area (Å²) in [4.78, 5) is 38.7. The Morgan fingerprint density at radius 3 is 2.37 bits per heavy atom. The Hall–Kier alpha value is -1.59. The van der Waals surface area contributed by atoms with E-state index in [-0.39, 0.29) is 24.4 Å². The SMILES string of the molecule is CCC(C)(C)C1CCC(NC(=O)CN2C(=O)NC3(CCCCC3)C2=O)CC1. The molecule has 3 fully saturated rings. The summed E-state index contributed by atoms with van der Waals surface area (Å²) in [7, 11) is 0. The van der Waals surface area contributed by atoms with Crippen molar-refractivity contribution >= 4 is 17.8 Å². The summed E-state index contributed by atoms with van der Waals surface area (Å²) in [6.07, 6.45) is 9.74. The lowest BCUT2D eigenvalue weighted by molar-refractivity contribution is -0.136. The van der Waals surface area contributed by atoms with Gasteiger partial charge in [0.15, 0.2) is 0 Å². The lowest BCUT2D eigenvalue weighted by Gasteiger charge is -2.39. The number of carbonyl (C=O) groups excluding carboxylic acids is 3. The van der Waals surface area contributed by atoms with Gasteiger partial charge in [-0.1, -0.05) is 46.5 Å². The minimum Gasteiger partial charge on any atom is -0.352 e. The van der Waals surface area contributed by atoms with E-state index in [4.69, 9.17) is 0 Å². The highest BCUT2D eigenvalue weighted by Gasteiger charge is 2.51. The summed E-state index contributed by atoms with van der Waals surface area (Å²) in [5, 5.41) is 5.92. The van der Waals surface area contributed by atoms with Crippen LogP contribution in [0, 0.1) is 11.3 Å². The van der Waals surface area contributed by atoms with E-state index >= 15 is 0 Å². The van der Waals surface area contributed by atoms with E-state index in [2.05, 4.69) is 31.4 Å². The molecule has 0 unspecified atom stereocenters. The third-order valence-electron chi connectivity index (χ3n) is 7.36. The van der Waals surface area contributed by atoms with Gasteiger partial charge in [0.05, 0.1) is 0 Å². The summed E-state index contributed by atoms with van der Waals surface area (Å²) >= 11 is 0. The van der Waals surface area contributed by atoms with Gasteiger partial charge in [-0.05, 0) is 49.9 Å². The fourth-order valence-corrected chi connectivity index (χ4v) is 5.04. The van der Waals surface area contributed by atoms with Gasteiger partial charge < -0.3 is 10.6 Å². The molecule has 1 saturated heterocycles. The maximum Gasteiger partial charge on any atom is 0.325 e. The molecule has 1 aliphatic heterocycles. The van der Waals surface area contributed by atoms with E-state index in [0.717, 1.165) is 49.8 Å². The molecule has 1 spiro atoms. The third-order valence-corrected chi connectivity index (χ3v) is 7.36. The Labute approximate surface area is 162 Å². The second kappa shape index (κ2) is 7.80. The zero-order valence-electron chi connectivity index (χ0n) is 17.1. The smallest absolute Gasteiger partial charge is 0.325 e. The minimum atomic E-state index is -0.751. The molecule has 4 amide bonds. The van der Waals surface area contributed by atoms with Crippen molar-refractivity contribution in [3.8, 4) is 0 Å². The van der Waals surface area contributed by atoms with Crippen LogP contribution < -0.4 is 10.6 Å². The number of hydrogen-bond acceptors (Lipinski definition) is 3. The van der Waals surface area contributed by atoms with Crippen molar-refractivity contribution in [2.24, 2.45) is 11.3 Å². The van der Waals surface area contributed by atoms with Crippen molar-refractivity contribution in [3.63, 3.8) is 0 Å². The molecule has 152 valence electrons. The number of nitrogens with one attached hydrogen (secondary N) is 2. The summed E-state index contributed by atoms with van der Waals surface area (Å²) in [5.41, 5.74) is -0.400. The van der Waals surface area contributed by atoms with Crippen molar-refractivity contribution in [3.05, 3.63) is 0 Å². The van der Waals surface area contributed by atoms with E-state index in [0.29, 0.717) is 24.2 Å². The molecule has 2 aliphatic carbocycles. The molecule has 0 aromatic rings. The monoisotopic (exact) mass is 377 g/mol. The van der Waals surface area contributed by atoms with Gasteiger partial charge in [0.25, 0.3) is 5.91 Å². The number of imide groups is 1. The first-order chi connectivity index (χ1) is 12.8. The topological polar surface area (TPSA) is 78.5 Å². The number of urea groups is 1.